The number of nitriles is 1. The molecular weight excluding hydrogens is 308 g/mol. The first-order valence-electron chi connectivity index (χ1n) is 6.95. The number of nitrogens with zero attached hydrogens (tertiary/aromatic N) is 3. The Balaban J connectivity index is 1.97. The minimum Gasteiger partial charge on any atom is -0.436 e. The van der Waals surface area contributed by atoms with E-state index in [0.717, 1.165) is 27.9 Å². The Hall–Kier alpha value is -2.78. The van der Waals surface area contributed by atoms with Crippen molar-refractivity contribution < 1.29 is 4.42 Å². The molecule has 0 radical (unpaired) electrons. The highest BCUT2D eigenvalue weighted by atomic mass is 32.2. The number of nitrogens with one attached hydrogen (secondary N) is 1. The maximum atomic E-state index is 8.70. The van der Waals surface area contributed by atoms with E-state index in [4.69, 9.17) is 9.68 Å². The van der Waals surface area contributed by atoms with Crippen molar-refractivity contribution in [1.82, 2.24) is 10.3 Å². The van der Waals surface area contributed by atoms with Crippen LogP contribution >= 0.6 is 11.8 Å². The van der Waals surface area contributed by atoms with Gasteiger partial charge in [-0.15, -0.1) is 0 Å². The molecule has 0 spiro atoms. The first kappa shape index (κ1) is 15.1. The van der Waals surface area contributed by atoms with Gasteiger partial charge in [-0.25, -0.2) is 9.98 Å². The normalized spacial score (nSPS) is 11.4. The van der Waals surface area contributed by atoms with Gasteiger partial charge in [-0.05, 0) is 49.1 Å². The van der Waals surface area contributed by atoms with Crippen molar-refractivity contribution in [2.45, 2.75) is 6.92 Å². The molecule has 0 aliphatic rings. The molecule has 2 aromatic carbocycles. The topological polar surface area (TPSA) is 74.2 Å². The molecule has 0 saturated carbocycles. The molecule has 0 amide bonds. The molecule has 3 aromatic rings. The van der Waals surface area contributed by atoms with Crippen LogP contribution in [0, 0.1) is 18.4 Å². The molecule has 114 valence electrons. The third-order valence-corrected chi connectivity index (χ3v) is 3.90. The van der Waals surface area contributed by atoms with Crippen molar-refractivity contribution in [3.63, 3.8) is 0 Å². The summed E-state index contributed by atoms with van der Waals surface area (Å²) in [6.45, 7) is 1.97. The number of aliphatic imine (C=N–C) groups is 1. The predicted molar refractivity (Wildman–Crippen MR) is 93.5 cm³/mol. The predicted octanol–water partition coefficient (Wildman–Crippen LogP) is 4.22. The van der Waals surface area contributed by atoms with E-state index in [2.05, 4.69) is 15.3 Å². The van der Waals surface area contributed by atoms with Crippen molar-refractivity contribution in [3.8, 4) is 17.6 Å². The van der Waals surface area contributed by atoms with Gasteiger partial charge in [0.2, 0.25) is 5.89 Å². The molecule has 0 atom stereocenters. The van der Waals surface area contributed by atoms with Crippen LogP contribution in [-0.2, 0) is 0 Å². The lowest BCUT2D eigenvalue weighted by Gasteiger charge is -2.04. The van der Waals surface area contributed by atoms with E-state index in [1.807, 2.05) is 61.8 Å². The fourth-order valence-corrected chi connectivity index (χ4v) is 2.53. The SMILES string of the molecule is CSC(=Nc1ccc(-c2nc3ccccc3o2)cc1C)NC#N. The highest BCUT2D eigenvalue weighted by Gasteiger charge is 2.09. The number of rotatable bonds is 2. The van der Waals surface area contributed by atoms with Gasteiger partial charge in [0.1, 0.15) is 5.52 Å². The van der Waals surface area contributed by atoms with E-state index < -0.39 is 0 Å². The van der Waals surface area contributed by atoms with Crippen LogP contribution in [-0.4, -0.2) is 16.4 Å². The van der Waals surface area contributed by atoms with E-state index in [-0.39, 0.29) is 0 Å². The Bertz CT molecular complexity index is 891. The van der Waals surface area contributed by atoms with Crippen LogP contribution < -0.4 is 5.32 Å². The molecule has 3 rings (SSSR count). The summed E-state index contributed by atoms with van der Waals surface area (Å²) in [5.41, 5.74) is 4.29. The summed E-state index contributed by atoms with van der Waals surface area (Å²) < 4.78 is 5.78. The van der Waals surface area contributed by atoms with E-state index >= 15 is 0 Å². The summed E-state index contributed by atoms with van der Waals surface area (Å²) in [4.78, 5) is 8.94. The van der Waals surface area contributed by atoms with Gasteiger partial charge in [0, 0.05) is 5.56 Å². The van der Waals surface area contributed by atoms with Crippen molar-refractivity contribution in [2.24, 2.45) is 4.99 Å². The van der Waals surface area contributed by atoms with E-state index in [0.29, 0.717) is 11.1 Å². The van der Waals surface area contributed by atoms with Crippen LogP contribution in [0.4, 0.5) is 5.69 Å². The molecule has 23 heavy (non-hydrogen) atoms. The fraction of sp³-hybridized carbons (Fsp3) is 0.118. The van der Waals surface area contributed by atoms with Crippen LogP contribution in [0.3, 0.4) is 0 Å². The van der Waals surface area contributed by atoms with Gasteiger partial charge in [0.25, 0.3) is 0 Å². The monoisotopic (exact) mass is 322 g/mol. The Labute approximate surface area is 138 Å². The van der Waals surface area contributed by atoms with Crippen molar-refractivity contribution in [3.05, 3.63) is 48.0 Å². The summed E-state index contributed by atoms with van der Waals surface area (Å²) in [6, 6.07) is 13.5. The zero-order valence-corrected chi connectivity index (χ0v) is 13.5. The summed E-state index contributed by atoms with van der Waals surface area (Å²) in [5.74, 6) is 0.588. The van der Waals surface area contributed by atoms with Gasteiger partial charge in [0.15, 0.2) is 16.9 Å². The number of benzene rings is 2. The van der Waals surface area contributed by atoms with E-state index in [1.54, 1.807) is 0 Å². The lowest BCUT2D eigenvalue weighted by atomic mass is 10.1. The minimum absolute atomic E-state index is 0.560. The highest BCUT2D eigenvalue weighted by Crippen LogP contribution is 2.28. The number of para-hydroxylation sites is 2. The van der Waals surface area contributed by atoms with Crippen LogP contribution in [0.2, 0.25) is 0 Å². The Morgan fingerprint density at radius 1 is 1.30 bits per heavy atom. The van der Waals surface area contributed by atoms with Crippen LogP contribution in [0.1, 0.15) is 5.56 Å². The maximum absolute atomic E-state index is 8.70. The minimum atomic E-state index is 0.560. The van der Waals surface area contributed by atoms with E-state index in [1.165, 1.54) is 11.8 Å². The molecule has 1 N–H and O–H groups in total. The molecule has 0 aliphatic carbocycles. The van der Waals surface area contributed by atoms with Crippen LogP contribution in [0.5, 0.6) is 0 Å². The molecule has 0 saturated heterocycles. The van der Waals surface area contributed by atoms with Gasteiger partial charge >= 0.3 is 0 Å². The third kappa shape index (κ3) is 3.20. The van der Waals surface area contributed by atoms with Crippen molar-refractivity contribution >= 4 is 33.7 Å². The fourth-order valence-electron chi connectivity index (χ4n) is 2.19. The largest absolute Gasteiger partial charge is 0.436 e. The molecule has 0 fully saturated rings. The second kappa shape index (κ2) is 6.55. The summed E-state index contributed by atoms with van der Waals surface area (Å²) >= 11 is 1.39. The van der Waals surface area contributed by atoms with E-state index in [9.17, 15) is 0 Å². The molecule has 5 nitrogen and oxygen atoms in total. The molecule has 0 bridgehead atoms. The van der Waals surface area contributed by atoms with Gasteiger partial charge in [0.05, 0.1) is 5.69 Å². The zero-order chi connectivity index (χ0) is 16.2. The first-order valence-corrected chi connectivity index (χ1v) is 8.18. The zero-order valence-electron chi connectivity index (χ0n) is 12.7. The van der Waals surface area contributed by atoms with Crippen LogP contribution in [0.15, 0.2) is 51.9 Å². The number of aryl methyl sites for hydroxylation is 1. The average molecular weight is 322 g/mol. The van der Waals surface area contributed by atoms with Crippen molar-refractivity contribution in [1.29, 1.82) is 5.26 Å². The maximum Gasteiger partial charge on any atom is 0.227 e. The second-order valence-electron chi connectivity index (χ2n) is 4.85. The molecule has 1 aromatic heterocycles. The smallest absolute Gasteiger partial charge is 0.227 e. The van der Waals surface area contributed by atoms with Gasteiger partial charge in [-0.3, -0.25) is 5.32 Å². The average Bonchev–Trinajstić information content (AvgIpc) is 3.00. The number of fused-ring (bicyclic) bond motifs is 1. The molecule has 0 aliphatic heterocycles. The molecule has 6 heteroatoms. The second-order valence-corrected chi connectivity index (χ2v) is 5.64. The highest BCUT2D eigenvalue weighted by molar-refractivity contribution is 8.13. The number of oxazole rings is 1. The number of hydrogen-bond acceptors (Lipinski definition) is 5. The lowest BCUT2D eigenvalue weighted by Crippen LogP contribution is -2.12. The standard InChI is InChI=1S/C17H14N4OS/c1-11-9-12(7-8-13(11)21-17(23-2)19-10-18)16-20-14-5-3-4-6-15(14)22-16/h3-9H,1-2H3,(H,19,21). The number of aromatic nitrogens is 1. The van der Waals surface area contributed by atoms with Gasteiger partial charge < -0.3 is 4.42 Å². The van der Waals surface area contributed by atoms with Crippen LogP contribution in [0.25, 0.3) is 22.6 Å². The Kier molecular flexibility index (Phi) is 4.31. The molecule has 1 heterocycles. The third-order valence-electron chi connectivity index (χ3n) is 3.32. The quantitative estimate of drug-likeness (QED) is 0.331. The molecule has 0 unspecified atom stereocenters. The Morgan fingerprint density at radius 2 is 2.13 bits per heavy atom. The van der Waals surface area contributed by atoms with Gasteiger partial charge in [-0.2, -0.15) is 5.26 Å². The first-order chi connectivity index (χ1) is 11.2. The van der Waals surface area contributed by atoms with Gasteiger partial charge in [-0.1, -0.05) is 23.9 Å². The summed E-state index contributed by atoms with van der Waals surface area (Å²) in [7, 11) is 0. The lowest BCUT2D eigenvalue weighted by molar-refractivity contribution is 0.620. The Morgan fingerprint density at radius 3 is 2.83 bits per heavy atom. The summed E-state index contributed by atoms with van der Waals surface area (Å²) in [6.07, 6.45) is 3.75. The number of hydrogen-bond donors (Lipinski definition) is 1. The number of thioether (sulfide) groups is 1. The number of amidine groups is 1. The molecular formula is C17H14N4OS. The summed E-state index contributed by atoms with van der Waals surface area (Å²) in [5, 5.41) is 11.8. The van der Waals surface area contributed by atoms with Crippen molar-refractivity contribution in [2.75, 3.05) is 6.26 Å².